The molecule has 1 aromatic heterocycles. The van der Waals surface area contributed by atoms with Crippen LogP contribution in [-0.2, 0) is 6.54 Å². The minimum atomic E-state index is 0. The van der Waals surface area contributed by atoms with E-state index >= 15 is 0 Å². The minimum absolute atomic E-state index is 0. The van der Waals surface area contributed by atoms with E-state index in [1.807, 2.05) is 11.4 Å². The Labute approximate surface area is 100 Å². The third kappa shape index (κ3) is 4.27. The maximum Gasteiger partial charge on any atom is 0.186 e. The molecule has 68 valence electrons. The third-order valence-corrected chi connectivity index (χ3v) is 2.72. The van der Waals surface area contributed by atoms with Crippen molar-refractivity contribution in [2.24, 2.45) is 16.5 Å². The molecule has 0 aliphatic carbocycles. The number of hydrogen-bond acceptors (Lipinski definition) is 2. The SMILES string of the molecule is I.NC(N)=NCc1cc(Br)cs1. The molecule has 0 atom stereocenters. The molecule has 1 rings (SSSR count). The Hall–Kier alpha value is 0.180. The van der Waals surface area contributed by atoms with Gasteiger partial charge in [0.05, 0.1) is 6.54 Å². The molecular formula is C6H9BrIN3S. The quantitative estimate of drug-likeness (QED) is 0.480. The number of rotatable bonds is 2. The summed E-state index contributed by atoms with van der Waals surface area (Å²) in [6, 6.07) is 2.00. The number of thiophene rings is 1. The van der Waals surface area contributed by atoms with Gasteiger partial charge in [-0.2, -0.15) is 0 Å². The van der Waals surface area contributed by atoms with Crippen molar-refractivity contribution >= 4 is 57.2 Å². The van der Waals surface area contributed by atoms with Crippen molar-refractivity contribution in [3.8, 4) is 0 Å². The second-order valence-electron chi connectivity index (χ2n) is 1.97. The molecule has 0 aliphatic heterocycles. The lowest BCUT2D eigenvalue weighted by atomic mass is 10.5. The first-order chi connectivity index (χ1) is 5.18. The number of hydrogen-bond donors (Lipinski definition) is 2. The van der Waals surface area contributed by atoms with Crippen molar-refractivity contribution in [1.82, 2.24) is 0 Å². The molecule has 12 heavy (non-hydrogen) atoms. The Balaban J connectivity index is 0.00000121. The average molecular weight is 362 g/mol. The number of halogens is 2. The predicted octanol–water partition coefficient (Wildman–Crippen LogP) is 1.90. The molecule has 0 bridgehead atoms. The molecule has 0 amide bonds. The monoisotopic (exact) mass is 361 g/mol. The Morgan fingerprint density at radius 2 is 2.25 bits per heavy atom. The summed E-state index contributed by atoms with van der Waals surface area (Å²) in [7, 11) is 0. The number of nitrogens with two attached hydrogens (primary N) is 2. The second-order valence-corrected chi connectivity index (χ2v) is 3.88. The highest BCUT2D eigenvalue weighted by Crippen LogP contribution is 2.19. The van der Waals surface area contributed by atoms with Gasteiger partial charge < -0.3 is 11.5 Å². The van der Waals surface area contributed by atoms with Gasteiger partial charge in [-0.15, -0.1) is 35.3 Å². The molecule has 0 unspecified atom stereocenters. The van der Waals surface area contributed by atoms with Crippen LogP contribution in [0.1, 0.15) is 4.88 Å². The maximum absolute atomic E-state index is 5.17. The number of aliphatic imine (C=N–C) groups is 1. The van der Waals surface area contributed by atoms with Crippen molar-refractivity contribution in [1.29, 1.82) is 0 Å². The fourth-order valence-corrected chi connectivity index (χ4v) is 1.98. The largest absolute Gasteiger partial charge is 0.370 e. The minimum Gasteiger partial charge on any atom is -0.370 e. The van der Waals surface area contributed by atoms with Gasteiger partial charge >= 0.3 is 0 Å². The fraction of sp³-hybridized carbons (Fsp3) is 0.167. The van der Waals surface area contributed by atoms with Crippen LogP contribution in [0.3, 0.4) is 0 Å². The summed E-state index contributed by atoms with van der Waals surface area (Å²) in [5, 5.41) is 2.00. The van der Waals surface area contributed by atoms with Gasteiger partial charge in [0.15, 0.2) is 5.96 Å². The molecule has 0 spiro atoms. The van der Waals surface area contributed by atoms with Gasteiger partial charge in [-0.3, -0.25) is 0 Å². The highest BCUT2D eigenvalue weighted by molar-refractivity contribution is 14.0. The van der Waals surface area contributed by atoms with Crippen molar-refractivity contribution < 1.29 is 0 Å². The Morgan fingerprint density at radius 3 is 2.67 bits per heavy atom. The van der Waals surface area contributed by atoms with Crippen LogP contribution in [0.2, 0.25) is 0 Å². The molecule has 0 radical (unpaired) electrons. The van der Waals surface area contributed by atoms with Gasteiger partial charge in [-0.05, 0) is 22.0 Å². The summed E-state index contributed by atoms with van der Waals surface area (Å²) in [6.45, 7) is 0.568. The van der Waals surface area contributed by atoms with Gasteiger partial charge in [-0.1, -0.05) is 0 Å². The first-order valence-corrected chi connectivity index (χ1v) is 4.64. The first kappa shape index (κ1) is 12.2. The Kier molecular flexibility index (Phi) is 5.85. The van der Waals surface area contributed by atoms with E-state index in [4.69, 9.17) is 11.5 Å². The molecule has 0 aliphatic rings. The van der Waals surface area contributed by atoms with Crippen LogP contribution in [0, 0.1) is 0 Å². The van der Waals surface area contributed by atoms with Crippen LogP contribution in [0.5, 0.6) is 0 Å². The third-order valence-electron chi connectivity index (χ3n) is 1.04. The smallest absolute Gasteiger partial charge is 0.186 e. The number of guanidine groups is 1. The molecule has 3 nitrogen and oxygen atoms in total. The molecule has 1 heterocycles. The molecule has 0 saturated carbocycles. The molecule has 6 heteroatoms. The lowest BCUT2D eigenvalue weighted by Crippen LogP contribution is -2.22. The van der Waals surface area contributed by atoms with E-state index in [0.29, 0.717) is 6.54 Å². The highest BCUT2D eigenvalue weighted by Gasteiger charge is 1.94. The topological polar surface area (TPSA) is 64.4 Å². The van der Waals surface area contributed by atoms with E-state index in [1.54, 1.807) is 11.3 Å². The second kappa shape index (κ2) is 5.76. The molecule has 0 saturated heterocycles. The van der Waals surface area contributed by atoms with Gasteiger partial charge in [0.2, 0.25) is 0 Å². The molecule has 0 fully saturated rings. The van der Waals surface area contributed by atoms with E-state index in [9.17, 15) is 0 Å². The lowest BCUT2D eigenvalue weighted by molar-refractivity contribution is 1.08. The van der Waals surface area contributed by atoms with Gasteiger partial charge in [0, 0.05) is 14.7 Å². The van der Waals surface area contributed by atoms with Crippen LogP contribution in [0.4, 0.5) is 0 Å². The zero-order valence-corrected chi connectivity index (χ0v) is 10.9. The standard InChI is InChI=1S/C6H8BrN3S.HI/c7-4-1-5(11-3-4)2-10-6(8)9;/h1,3H,2H2,(H4,8,9,10);1H. The van der Waals surface area contributed by atoms with E-state index in [1.165, 1.54) is 0 Å². The lowest BCUT2D eigenvalue weighted by Gasteiger charge is -1.89. The van der Waals surface area contributed by atoms with Crippen molar-refractivity contribution in [2.75, 3.05) is 0 Å². The molecule has 4 N–H and O–H groups in total. The van der Waals surface area contributed by atoms with Gasteiger partial charge in [0.1, 0.15) is 0 Å². The zero-order valence-electron chi connectivity index (χ0n) is 6.16. The van der Waals surface area contributed by atoms with Crippen LogP contribution in [-0.4, -0.2) is 5.96 Å². The highest BCUT2D eigenvalue weighted by atomic mass is 127. The van der Waals surface area contributed by atoms with E-state index in [-0.39, 0.29) is 29.9 Å². The molecular weight excluding hydrogens is 353 g/mol. The predicted molar refractivity (Wildman–Crippen MR) is 66.9 cm³/mol. The van der Waals surface area contributed by atoms with Gasteiger partial charge in [0.25, 0.3) is 0 Å². The summed E-state index contributed by atoms with van der Waals surface area (Å²) in [5.41, 5.74) is 10.3. The Morgan fingerprint density at radius 1 is 1.58 bits per heavy atom. The number of nitrogens with zero attached hydrogens (tertiary/aromatic N) is 1. The summed E-state index contributed by atoms with van der Waals surface area (Å²) >= 11 is 4.97. The fourth-order valence-electron chi connectivity index (χ4n) is 0.606. The normalized spacial score (nSPS) is 8.75. The first-order valence-electron chi connectivity index (χ1n) is 2.97. The summed E-state index contributed by atoms with van der Waals surface area (Å²) in [5.74, 6) is 0.134. The average Bonchev–Trinajstić information content (AvgIpc) is 2.31. The van der Waals surface area contributed by atoms with Crippen LogP contribution < -0.4 is 11.5 Å². The van der Waals surface area contributed by atoms with E-state index in [2.05, 4.69) is 20.9 Å². The zero-order chi connectivity index (χ0) is 8.27. The van der Waals surface area contributed by atoms with E-state index < -0.39 is 0 Å². The van der Waals surface area contributed by atoms with Crippen LogP contribution in [0.15, 0.2) is 20.9 Å². The van der Waals surface area contributed by atoms with Crippen molar-refractivity contribution in [3.05, 3.63) is 20.8 Å². The molecule has 1 aromatic rings. The summed E-state index contributed by atoms with van der Waals surface area (Å²) < 4.78 is 1.07. The summed E-state index contributed by atoms with van der Waals surface area (Å²) in [4.78, 5) is 5.01. The van der Waals surface area contributed by atoms with E-state index in [0.717, 1.165) is 9.35 Å². The molecule has 0 aromatic carbocycles. The van der Waals surface area contributed by atoms with Gasteiger partial charge in [-0.25, -0.2) is 4.99 Å². The summed E-state index contributed by atoms with van der Waals surface area (Å²) in [6.07, 6.45) is 0. The van der Waals surface area contributed by atoms with Crippen LogP contribution >= 0.6 is 51.2 Å². The van der Waals surface area contributed by atoms with Crippen molar-refractivity contribution in [2.45, 2.75) is 6.54 Å². The maximum atomic E-state index is 5.17. The van der Waals surface area contributed by atoms with Crippen LogP contribution in [0.25, 0.3) is 0 Å². The van der Waals surface area contributed by atoms with Crippen molar-refractivity contribution in [3.63, 3.8) is 0 Å². The Bertz CT molecular complexity index is 270.